The van der Waals surface area contributed by atoms with Gasteiger partial charge in [0, 0.05) is 18.6 Å². The van der Waals surface area contributed by atoms with Gasteiger partial charge in [0.1, 0.15) is 0 Å². The Labute approximate surface area is 94.9 Å². The molecule has 0 aliphatic heterocycles. The number of likely N-dealkylation sites (N-methyl/N-ethyl adjacent to an activating group) is 1. The SMILES string of the molecule is CCCC(C)(CO)NCCN(CC)CC. The number of aliphatic hydroxyl groups excluding tert-OH is 1. The molecule has 0 saturated carbocycles. The van der Waals surface area contributed by atoms with Crippen LogP contribution in [0.15, 0.2) is 0 Å². The molecule has 2 N–H and O–H groups in total. The maximum atomic E-state index is 9.32. The summed E-state index contributed by atoms with van der Waals surface area (Å²) in [7, 11) is 0. The van der Waals surface area contributed by atoms with Gasteiger partial charge in [-0.25, -0.2) is 0 Å². The Bertz CT molecular complexity index is 149. The average molecular weight is 216 g/mol. The van der Waals surface area contributed by atoms with Crippen LogP contribution in [0.3, 0.4) is 0 Å². The van der Waals surface area contributed by atoms with Crippen LogP contribution in [-0.2, 0) is 0 Å². The van der Waals surface area contributed by atoms with E-state index in [4.69, 9.17) is 0 Å². The minimum absolute atomic E-state index is 0.0953. The zero-order chi connectivity index (χ0) is 11.7. The molecule has 0 rings (SSSR count). The summed E-state index contributed by atoms with van der Waals surface area (Å²) in [5.41, 5.74) is -0.0953. The lowest BCUT2D eigenvalue weighted by Gasteiger charge is -2.30. The predicted molar refractivity (Wildman–Crippen MR) is 66.2 cm³/mol. The third-order valence-electron chi connectivity index (χ3n) is 3.02. The first-order valence-electron chi connectivity index (χ1n) is 6.20. The zero-order valence-corrected chi connectivity index (χ0v) is 10.8. The molecule has 0 aromatic carbocycles. The van der Waals surface area contributed by atoms with E-state index in [1.807, 2.05) is 0 Å². The molecule has 3 heteroatoms. The van der Waals surface area contributed by atoms with Gasteiger partial charge in [-0.05, 0) is 26.4 Å². The van der Waals surface area contributed by atoms with Crippen molar-refractivity contribution >= 4 is 0 Å². The minimum atomic E-state index is -0.0953. The summed E-state index contributed by atoms with van der Waals surface area (Å²) in [4.78, 5) is 2.39. The van der Waals surface area contributed by atoms with E-state index < -0.39 is 0 Å². The molecule has 0 spiro atoms. The molecule has 1 unspecified atom stereocenters. The van der Waals surface area contributed by atoms with Gasteiger partial charge < -0.3 is 15.3 Å². The summed E-state index contributed by atoms with van der Waals surface area (Å²) >= 11 is 0. The van der Waals surface area contributed by atoms with E-state index in [0.29, 0.717) is 0 Å². The maximum Gasteiger partial charge on any atom is 0.0610 e. The number of nitrogens with zero attached hydrogens (tertiary/aromatic N) is 1. The molecule has 0 aliphatic rings. The molecule has 15 heavy (non-hydrogen) atoms. The Morgan fingerprint density at radius 2 is 1.80 bits per heavy atom. The normalized spacial score (nSPS) is 15.6. The van der Waals surface area contributed by atoms with Gasteiger partial charge in [0.05, 0.1) is 6.61 Å². The molecule has 0 bridgehead atoms. The molecule has 1 atom stereocenters. The van der Waals surface area contributed by atoms with Crippen molar-refractivity contribution in [3.05, 3.63) is 0 Å². The van der Waals surface area contributed by atoms with Gasteiger partial charge >= 0.3 is 0 Å². The third-order valence-corrected chi connectivity index (χ3v) is 3.02. The molecular weight excluding hydrogens is 188 g/mol. The maximum absolute atomic E-state index is 9.32. The van der Waals surface area contributed by atoms with Crippen molar-refractivity contribution in [3.63, 3.8) is 0 Å². The largest absolute Gasteiger partial charge is 0.394 e. The molecule has 92 valence electrons. The van der Waals surface area contributed by atoms with Crippen molar-refractivity contribution in [1.29, 1.82) is 0 Å². The van der Waals surface area contributed by atoms with Crippen LogP contribution in [0.5, 0.6) is 0 Å². The molecule has 0 aromatic rings. The number of hydrogen-bond donors (Lipinski definition) is 2. The van der Waals surface area contributed by atoms with Crippen LogP contribution in [-0.4, -0.2) is 48.3 Å². The van der Waals surface area contributed by atoms with Crippen molar-refractivity contribution < 1.29 is 5.11 Å². The number of rotatable bonds is 9. The molecule has 0 saturated heterocycles. The highest BCUT2D eigenvalue weighted by Gasteiger charge is 2.20. The second-order valence-electron chi connectivity index (χ2n) is 4.42. The summed E-state index contributed by atoms with van der Waals surface area (Å²) in [5, 5.41) is 12.8. The van der Waals surface area contributed by atoms with Gasteiger partial charge in [0.2, 0.25) is 0 Å². The Balaban J connectivity index is 3.80. The van der Waals surface area contributed by atoms with Gasteiger partial charge in [-0.15, -0.1) is 0 Å². The third kappa shape index (κ3) is 6.13. The van der Waals surface area contributed by atoms with Crippen LogP contribution < -0.4 is 5.32 Å². The van der Waals surface area contributed by atoms with E-state index in [1.165, 1.54) is 0 Å². The molecule has 0 aromatic heterocycles. The lowest BCUT2D eigenvalue weighted by atomic mass is 9.97. The first-order chi connectivity index (χ1) is 7.11. The van der Waals surface area contributed by atoms with E-state index in [2.05, 4.69) is 37.9 Å². The van der Waals surface area contributed by atoms with Crippen LogP contribution in [0.25, 0.3) is 0 Å². The van der Waals surface area contributed by atoms with Crippen molar-refractivity contribution in [2.24, 2.45) is 0 Å². The highest BCUT2D eigenvalue weighted by Crippen LogP contribution is 2.10. The molecule has 0 fully saturated rings. The Morgan fingerprint density at radius 1 is 1.20 bits per heavy atom. The summed E-state index contributed by atoms with van der Waals surface area (Å²) in [6.45, 7) is 13.0. The lowest BCUT2D eigenvalue weighted by Crippen LogP contribution is -2.48. The summed E-state index contributed by atoms with van der Waals surface area (Å²) in [6, 6.07) is 0. The standard InChI is InChI=1S/C12H28N2O/c1-5-8-12(4,11-15)13-9-10-14(6-2)7-3/h13,15H,5-11H2,1-4H3. The fraction of sp³-hybridized carbons (Fsp3) is 1.00. The number of nitrogens with one attached hydrogen (secondary N) is 1. The molecule has 0 heterocycles. The number of hydrogen-bond acceptors (Lipinski definition) is 3. The van der Waals surface area contributed by atoms with Crippen molar-refractivity contribution in [3.8, 4) is 0 Å². The Hall–Kier alpha value is -0.120. The molecule has 0 amide bonds. The molecular formula is C12H28N2O. The Kier molecular flexibility index (Phi) is 8.02. The minimum Gasteiger partial charge on any atom is -0.394 e. The van der Waals surface area contributed by atoms with Crippen LogP contribution in [0, 0.1) is 0 Å². The van der Waals surface area contributed by atoms with E-state index in [9.17, 15) is 5.11 Å². The quantitative estimate of drug-likeness (QED) is 0.612. The number of aliphatic hydroxyl groups is 1. The van der Waals surface area contributed by atoms with Gasteiger partial charge in [-0.3, -0.25) is 0 Å². The van der Waals surface area contributed by atoms with E-state index in [0.717, 1.165) is 39.0 Å². The average Bonchev–Trinajstić information content (AvgIpc) is 2.25. The smallest absolute Gasteiger partial charge is 0.0610 e. The molecule has 0 radical (unpaired) electrons. The first kappa shape index (κ1) is 14.9. The second kappa shape index (κ2) is 8.08. The fourth-order valence-corrected chi connectivity index (χ4v) is 1.83. The highest BCUT2D eigenvalue weighted by molar-refractivity contribution is 4.81. The van der Waals surface area contributed by atoms with Crippen molar-refractivity contribution in [2.75, 3.05) is 32.8 Å². The Morgan fingerprint density at radius 3 is 2.20 bits per heavy atom. The highest BCUT2D eigenvalue weighted by atomic mass is 16.3. The monoisotopic (exact) mass is 216 g/mol. The van der Waals surface area contributed by atoms with Crippen LogP contribution >= 0.6 is 0 Å². The predicted octanol–water partition coefficient (Wildman–Crippen LogP) is 1.47. The summed E-state index contributed by atoms with van der Waals surface area (Å²) in [6.07, 6.45) is 2.14. The second-order valence-corrected chi connectivity index (χ2v) is 4.42. The van der Waals surface area contributed by atoms with Crippen molar-refractivity contribution in [1.82, 2.24) is 10.2 Å². The van der Waals surface area contributed by atoms with E-state index in [1.54, 1.807) is 0 Å². The van der Waals surface area contributed by atoms with Gasteiger partial charge in [0.25, 0.3) is 0 Å². The van der Waals surface area contributed by atoms with Crippen LogP contribution in [0.1, 0.15) is 40.5 Å². The topological polar surface area (TPSA) is 35.5 Å². The molecule has 0 aliphatic carbocycles. The zero-order valence-electron chi connectivity index (χ0n) is 10.8. The fourth-order valence-electron chi connectivity index (χ4n) is 1.83. The van der Waals surface area contributed by atoms with Gasteiger partial charge in [0.15, 0.2) is 0 Å². The van der Waals surface area contributed by atoms with E-state index >= 15 is 0 Å². The van der Waals surface area contributed by atoms with E-state index in [-0.39, 0.29) is 12.1 Å². The summed E-state index contributed by atoms with van der Waals surface area (Å²) in [5.74, 6) is 0. The van der Waals surface area contributed by atoms with Gasteiger partial charge in [-0.1, -0.05) is 27.2 Å². The summed E-state index contributed by atoms with van der Waals surface area (Å²) < 4.78 is 0. The van der Waals surface area contributed by atoms with Crippen LogP contribution in [0.4, 0.5) is 0 Å². The van der Waals surface area contributed by atoms with Crippen LogP contribution in [0.2, 0.25) is 0 Å². The molecule has 3 nitrogen and oxygen atoms in total. The van der Waals surface area contributed by atoms with Crippen molar-refractivity contribution in [2.45, 2.75) is 46.1 Å². The lowest BCUT2D eigenvalue weighted by molar-refractivity contribution is 0.159. The first-order valence-corrected chi connectivity index (χ1v) is 6.20. The van der Waals surface area contributed by atoms with Gasteiger partial charge in [-0.2, -0.15) is 0 Å².